The summed E-state index contributed by atoms with van der Waals surface area (Å²) in [6.45, 7) is 5.97. The fourth-order valence-electron chi connectivity index (χ4n) is 1.32. The summed E-state index contributed by atoms with van der Waals surface area (Å²) in [5.74, 6) is -0.396. The lowest BCUT2D eigenvalue weighted by atomic mass is 9.87. The SMILES string of the molecule is CC(C)(C)c1ccc(O)c(O)c1[Si]O. The van der Waals surface area contributed by atoms with Crippen LogP contribution < -0.4 is 5.19 Å². The van der Waals surface area contributed by atoms with E-state index in [1.807, 2.05) is 20.8 Å². The summed E-state index contributed by atoms with van der Waals surface area (Å²) < 4.78 is 0. The van der Waals surface area contributed by atoms with Crippen LogP contribution in [0, 0.1) is 0 Å². The van der Waals surface area contributed by atoms with Gasteiger partial charge in [0.15, 0.2) is 11.5 Å². The van der Waals surface area contributed by atoms with Crippen LogP contribution in [-0.4, -0.2) is 24.8 Å². The molecule has 0 aliphatic rings. The first-order valence-electron chi connectivity index (χ1n) is 4.33. The molecule has 3 N–H and O–H groups in total. The van der Waals surface area contributed by atoms with E-state index in [1.165, 1.54) is 6.07 Å². The van der Waals surface area contributed by atoms with Gasteiger partial charge in [-0.15, -0.1) is 0 Å². The Kier molecular flexibility index (Phi) is 2.87. The first kappa shape index (κ1) is 11.1. The number of aromatic hydroxyl groups is 2. The van der Waals surface area contributed by atoms with Gasteiger partial charge in [-0.1, -0.05) is 26.8 Å². The summed E-state index contributed by atoms with van der Waals surface area (Å²) in [5, 5.41) is 19.2. The fraction of sp³-hybridized carbons (Fsp3) is 0.400. The van der Waals surface area contributed by atoms with Crippen LogP contribution in [0.15, 0.2) is 12.1 Å². The molecular weight excluding hydrogens is 196 g/mol. The monoisotopic (exact) mass is 210 g/mol. The van der Waals surface area contributed by atoms with Crippen LogP contribution in [0.1, 0.15) is 26.3 Å². The van der Waals surface area contributed by atoms with Crippen molar-refractivity contribution in [1.29, 1.82) is 0 Å². The molecule has 1 aromatic rings. The molecule has 2 radical (unpaired) electrons. The minimum atomic E-state index is -0.512. The summed E-state index contributed by atoms with van der Waals surface area (Å²) in [6.07, 6.45) is 0. The molecule has 0 saturated heterocycles. The summed E-state index contributed by atoms with van der Waals surface area (Å²) in [7, 11) is -0.512. The molecule has 1 rings (SSSR count). The standard InChI is InChI=1S/C10H14O3Si/c1-10(2,3)6-4-5-7(11)8(12)9(6)14-13/h4-5,11-13H,1-3H3. The first-order valence-corrected chi connectivity index (χ1v) is 5.28. The van der Waals surface area contributed by atoms with Gasteiger partial charge in [0.05, 0.1) is 0 Å². The van der Waals surface area contributed by atoms with Gasteiger partial charge < -0.3 is 15.0 Å². The predicted octanol–water partition coefficient (Wildman–Crippen LogP) is 0.632. The Labute approximate surface area is 86.0 Å². The Morgan fingerprint density at radius 1 is 1.14 bits per heavy atom. The van der Waals surface area contributed by atoms with Gasteiger partial charge in [0.25, 0.3) is 9.76 Å². The summed E-state index contributed by atoms with van der Waals surface area (Å²) in [6, 6.07) is 3.17. The Hall–Kier alpha value is -1.00. The second kappa shape index (κ2) is 3.63. The van der Waals surface area contributed by atoms with Crippen LogP contribution in [0.2, 0.25) is 0 Å². The highest BCUT2D eigenvalue weighted by molar-refractivity contribution is 6.48. The summed E-state index contributed by atoms with van der Waals surface area (Å²) in [4.78, 5) is 9.14. The molecule has 0 atom stereocenters. The van der Waals surface area contributed by atoms with Crippen LogP contribution in [0.4, 0.5) is 0 Å². The number of rotatable bonds is 1. The smallest absolute Gasteiger partial charge is 0.269 e. The van der Waals surface area contributed by atoms with Crippen molar-refractivity contribution in [1.82, 2.24) is 0 Å². The van der Waals surface area contributed by atoms with Crippen molar-refractivity contribution >= 4 is 14.9 Å². The van der Waals surface area contributed by atoms with Gasteiger partial charge in [-0.2, -0.15) is 0 Å². The predicted molar refractivity (Wildman–Crippen MR) is 56.1 cm³/mol. The lowest BCUT2D eigenvalue weighted by Crippen LogP contribution is -2.27. The number of hydrogen-bond donors (Lipinski definition) is 3. The largest absolute Gasteiger partial charge is 0.504 e. The van der Waals surface area contributed by atoms with E-state index in [-0.39, 0.29) is 16.9 Å². The molecule has 3 nitrogen and oxygen atoms in total. The van der Waals surface area contributed by atoms with E-state index < -0.39 is 9.76 Å². The lowest BCUT2D eigenvalue weighted by molar-refractivity contribution is 0.404. The highest BCUT2D eigenvalue weighted by atomic mass is 28.2. The van der Waals surface area contributed by atoms with E-state index in [2.05, 4.69) is 0 Å². The minimum absolute atomic E-state index is 0.157. The molecule has 0 bridgehead atoms. The summed E-state index contributed by atoms with van der Waals surface area (Å²) in [5.41, 5.74) is 0.699. The van der Waals surface area contributed by atoms with Crippen molar-refractivity contribution in [2.24, 2.45) is 0 Å². The van der Waals surface area contributed by atoms with Crippen LogP contribution in [0.25, 0.3) is 0 Å². The van der Waals surface area contributed by atoms with Crippen molar-refractivity contribution in [2.45, 2.75) is 26.2 Å². The molecule has 0 unspecified atom stereocenters. The number of phenolic OH excluding ortho intramolecular Hbond substituents is 2. The molecule has 0 spiro atoms. The molecule has 0 aromatic heterocycles. The van der Waals surface area contributed by atoms with Crippen LogP contribution in [0.5, 0.6) is 11.5 Å². The number of hydrogen-bond acceptors (Lipinski definition) is 3. The molecule has 0 fully saturated rings. The van der Waals surface area contributed by atoms with Gasteiger partial charge in [0.2, 0.25) is 0 Å². The molecule has 14 heavy (non-hydrogen) atoms. The maximum absolute atomic E-state index is 9.54. The van der Waals surface area contributed by atoms with E-state index in [0.717, 1.165) is 5.56 Å². The number of benzene rings is 1. The van der Waals surface area contributed by atoms with Gasteiger partial charge >= 0.3 is 0 Å². The van der Waals surface area contributed by atoms with Crippen LogP contribution >= 0.6 is 0 Å². The highest BCUT2D eigenvalue weighted by Gasteiger charge is 2.21. The zero-order valence-electron chi connectivity index (χ0n) is 8.50. The first-order chi connectivity index (χ1) is 6.38. The van der Waals surface area contributed by atoms with Crippen LogP contribution in [0.3, 0.4) is 0 Å². The van der Waals surface area contributed by atoms with Crippen molar-refractivity contribution in [2.75, 3.05) is 0 Å². The molecule has 0 aliphatic heterocycles. The fourth-order valence-corrected chi connectivity index (χ4v) is 2.13. The van der Waals surface area contributed by atoms with Crippen molar-refractivity contribution in [3.63, 3.8) is 0 Å². The lowest BCUT2D eigenvalue weighted by Gasteiger charge is -2.22. The minimum Gasteiger partial charge on any atom is -0.504 e. The second-order valence-corrected chi connectivity index (χ2v) is 4.94. The zero-order valence-corrected chi connectivity index (χ0v) is 9.50. The Bertz CT molecular complexity index is 342. The Morgan fingerprint density at radius 3 is 2.14 bits per heavy atom. The molecule has 1 aromatic carbocycles. The van der Waals surface area contributed by atoms with Gasteiger partial charge in [0, 0.05) is 5.19 Å². The molecule has 76 valence electrons. The third kappa shape index (κ3) is 1.91. The molecule has 0 heterocycles. The molecule has 0 saturated carbocycles. The molecule has 4 heteroatoms. The summed E-state index contributed by atoms with van der Waals surface area (Å²) >= 11 is 0. The maximum atomic E-state index is 9.54. The van der Waals surface area contributed by atoms with Crippen molar-refractivity contribution in [3.8, 4) is 11.5 Å². The Morgan fingerprint density at radius 2 is 1.71 bits per heavy atom. The Balaban J connectivity index is 3.39. The van der Waals surface area contributed by atoms with Crippen molar-refractivity contribution < 1.29 is 15.0 Å². The number of phenols is 2. The molecule has 0 amide bonds. The van der Waals surface area contributed by atoms with E-state index in [1.54, 1.807) is 6.07 Å². The third-order valence-corrected chi connectivity index (χ3v) is 2.81. The van der Waals surface area contributed by atoms with E-state index in [4.69, 9.17) is 4.80 Å². The quantitative estimate of drug-likeness (QED) is 0.471. The third-order valence-electron chi connectivity index (χ3n) is 2.08. The topological polar surface area (TPSA) is 60.7 Å². The van der Waals surface area contributed by atoms with E-state index in [0.29, 0.717) is 5.19 Å². The average Bonchev–Trinajstić information content (AvgIpc) is 2.07. The average molecular weight is 210 g/mol. The van der Waals surface area contributed by atoms with E-state index >= 15 is 0 Å². The second-order valence-electron chi connectivity index (χ2n) is 4.22. The van der Waals surface area contributed by atoms with Gasteiger partial charge in [-0.05, 0) is 17.0 Å². The van der Waals surface area contributed by atoms with Gasteiger partial charge in [-0.25, -0.2) is 0 Å². The van der Waals surface area contributed by atoms with Gasteiger partial charge in [-0.3, -0.25) is 0 Å². The molecular formula is C10H14O3Si. The van der Waals surface area contributed by atoms with E-state index in [9.17, 15) is 10.2 Å². The van der Waals surface area contributed by atoms with Gasteiger partial charge in [0.1, 0.15) is 0 Å². The zero-order chi connectivity index (χ0) is 10.9. The highest BCUT2D eigenvalue weighted by Crippen LogP contribution is 2.28. The maximum Gasteiger partial charge on any atom is 0.269 e. The van der Waals surface area contributed by atoms with Crippen molar-refractivity contribution in [3.05, 3.63) is 17.7 Å². The van der Waals surface area contributed by atoms with Crippen LogP contribution in [-0.2, 0) is 5.41 Å². The molecule has 0 aliphatic carbocycles. The normalized spacial score (nSPS) is 11.7.